The molecule has 0 saturated carbocycles. The maximum Gasteiger partial charge on any atom is 0.302 e. The number of hydrogen-bond acceptors (Lipinski definition) is 4. The highest BCUT2D eigenvalue weighted by molar-refractivity contribution is 6.08. The van der Waals surface area contributed by atoms with E-state index >= 15 is 0 Å². The van der Waals surface area contributed by atoms with Gasteiger partial charge in [0, 0.05) is 18.2 Å². The van der Waals surface area contributed by atoms with Crippen LogP contribution in [0.2, 0.25) is 0 Å². The van der Waals surface area contributed by atoms with E-state index in [1.807, 2.05) is 48.5 Å². The Bertz CT molecular complexity index is 754. The molecule has 1 unspecified atom stereocenters. The summed E-state index contributed by atoms with van der Waals surface area (Å²) in [5.74, 6) is 0.287. The van der Waals surface area contributed by atoms with E-state index in [2.05, 4.69) is 0 Å². The number of carbonyl (C=O) groups is 2. The summed E-state index contributed by atoms with van der Waals surface area (Å²) < 4.78 is 10.4. The van der Waals surface area contributed by atoms with Crippen LogP contribution in [0.5, 0.6) is 5.75 Å². The van der Waals surface area contributed by atoms with Gasteiger partial charge in [0.2, 0.25) is 0 Å². The van der Waals surface area contributed by atoms with Gasteiger partial charge in [-0.05, 0) is 42.3 Å². The molecule has 1 aliphatic heterocycles. The van der Waals surface area contributed by atoms with Crippen LogP contribution in [-0.4, -0.2) is 31.6 Å². The standard InChI is InChI=1S/C19H19NO4/c1-13(21)24-12-16-11-14-5-3-4-6-18(14)19(22)20(16)15-7-9-17(23-2)10-8-15/h3-10,16H,11-12H2,1-2H3. The summed E-state index contributed by atoms with van der Waals surface area (Å²) in [6.45, 7) is 1.54. The number of hydrogen-bond donors (Lipinski definition) is 0. The van der Waals surface area contributed by atoms with E-state index in [1.165, 1.54) is 6.92 Å². The van der Waals surface area contributed by atoms with Gasteiger partial charge in [0.25, 0.3) is 5.91 Å². The maximum absolute atomic E-state index is 13.0. The van der Waals surface area contributed by atoms with Gasteiger partial charge in [-0.15, -0.1) is 0 Å². The summed E-state index contributed by atoms with van der Waals surface area (Å²) in [6.07, 6.45) is 0.640. The fourth-order valence-electron chi connectivity index (χ4n) is 2.97. The van der Waals surface area contributed by atoms with Crippen LogP contribution >= 0.6 is 0 Å². The van der Waals surface area contributed by atoms with Crippen LogP contribution < -0.4 is 9.64 Å². The molecule has 0 radical (unpaired) electrons. The van der Waals surface area contributed by atoms with Gasteiger partial charge in [0.15, 0.2) is 0 Å². The Morgan fingerprint density at radius 3 is 2.54 bits per heavy atom. The molecular weight excluding hydrogens is 306 g/mol. The maximum atomic E-state index is 13.0. The van der Waals surface area contributed by atoms with Gasteiger partial charge in [0.1, 0.15) is 12.4 Å². The van der Waals surface area contributed by atoms with Crippen molar-refractivity contribution in [1.29, 1.82) is 0 Å². The van der Waals surface area contributed by atoms with Gasteiger partial charge in [-0.3, -0.25) is 9.59 Å². The van der Waals surface area contributed by atoms with Crippen molar-refractivity contribution in [2.24, 2.45) is 0 Å². The van der Waals surface area contributed by atoms with Gasteiger partial charge in [0.05, 0.1) is 13.2 Å². The Hall–Kier alpha value is -2.82. The zero-order valence-corrected chi connectivity index (χ0v) is 13.7. The Morgan fingerprint density at radius 1 is 1.17 bits per heavy atom. The highest BCUT2D eigenvalue weighted by atomic mass is 16.5. The lowest BCUT2D eigenvalue weighted by molar-refractivity contribution is -0.141. The first-order valence-electron chi connectivity index (χ1n) is 7.79. The minimum Gasteiger partial charge on any atom is -0.497 e. The summed E-state index contributed by atoms with van der Waals surface area (Å²) in [7, 11) is 1.60. The van der Waals surface area contributed by atoms with Crippen LogP contribution in [0, 0.1) is 0 Å². The van der Waals surface area contributed by atoms with Gasteiger partial charge in [-0.2, -0.15) is 0 Å². The Morgan fingerprint density at radius 2 is 1.88 bits per heavy atom. The van der Waals surface area contributed by atoms with Crippen molar-refractivity contribution in [3.05, 3.63) is 59.7 Å². The van der Waals surface area contributed by atoms with Gasteiger partial charge >= 0.3 is 5.97 Å². The molecule has 0 fully saturated rings. The Labute approximate surface area is 140 Å². The van der Waals surface area contributed by atoms with E-state index in [1.54, 1.807) is 12.0 Å². The number of nitrogens with zero attached hydrogens (tertiary/aromatic N) is 1. The number of methoxy groups -OCH3 is 1. The normalized spacial score (nSPS) is 16.5. The molecule has 5 heteroatoms. The molecule has 1 heterocycles. The first kappa shape index (κ1) is 16.1. The monoisotopic (exact) mass is 325 g/mol. The lowest BCUT2D eigenvalue weighted by Gasteiger charge is -2.36. The number of ether oxygens (including phenoxy) is 2. The minimum atomic E-state index is -0.351. The summed E-state index contributed by atoms with van der Waals surface area (Å²) in [5, 5.41) is 0. The van der Waals surface area contributed by atoms with Gasteiger partial charge in [-0.25, -0.2) is 0 Å². The SMILES string of the molecule is COc1ccc(N2C(=O)c3ccccc3CC2COC(C)=O)cc1. The molecule has 0 aliphatic carbocycles. The van der Waals surface area contributed by atoms with Crippen LogP contribution in [-0.2, 0) is 16.0 Å². The number of esters is 1. The average molecular weight is 325 g/mol. The molecule has 1 atom stereocenters. The smallest absolute Gasteiger partial charge is 0.302 e. The number of rotatable bonds is 4. The van der Waals surface area contributed by atoms with Crippen LogP contribution in [0.3, 0.4) is 0 Å². The van der Waals surface area contributed by atoms with Crippen molar-refractivity contribution < 1.29 is 19.1 Å². The predicted molar refractivity (Wildman–Crippen MR) is 90.4 cm³/mol. The van der Waals surface area contributed by atoms with Crippen LogP contribution in [0.25, 0.3) is 0 Å². The van der Waals surface area contributed by atoms with Gasteiger partial charge < -0.3 is 14.4 Å². The van der Waals surface area contributed by atoms with Crippen LogP contribution in [0.15, 0.2) is 48.5 Å². The molecule has 2 aromatic rings. The largest absolute Gasteiger partial charge is 0.497 e. The van der Waals surface area contributed by atoms with E-state index in [9.17, 15) is 9.59 Å². The fraction of sp³-hybridized carbons (Fsp3) is 0.263. The van der Waals surface area contributed by atoms with E-state index in [0.717, 1.165) is 17.0 Å². The van der Waals surface area contributed by atoms with Crippen LogP contribution in [0.4, 0.5) is 5.69 Å². The second kappa shape index (κ2) is 6.74. The molecule has 1 amide bonds. The summed E-state index contributed by atoms with van der Waals surface area (Å²) in [6, 6.07) is 14.6. The van der Waals surface area contributed by atoms with Crippen molar-refractivity contribution in [1.82, 2.24) is 0 Å². The topological polar surface area (TPSA) is 55.8 Å². The first-order valence-corrected chi connectivity index (χ1v) is 7.79. The summed E-state index contributed by atoms with van der Waals surface area (Å²) in [4.78, 5) is 25.9. The summed E-state index contributed by atoms with van der Waals surface area (Å²) in [5.41, 5.74) is 2.42. The average Bonchev–Trinajstić information content (AvgIpc) is 2.60. The number of amides is 1. The summed E-state index contributed by atoms with van der Waals surface area (Å²) >= 11 is 0. The number of carbonyl (C=O) groups excluding carboxylic acids is 2. The lowest BCUT2D eigenvalue weighted by Crippen LogP contribution is -2.48. The van der Waals surface area contributed by atoms with E-state index in [-0.39, 0.29) is 24.5 Å². The molecule has 1 aliphatic rings. The first-order chi connectivity index (χ1) is 11.6. The third kappa shape index (κ3) is 3.11. The predicted octanol–water partition coefficient (Wildman–Crippen LogP) is 2.83. The second-order valence-electron chi connectivity index (χ2n) is 5.69. The molecular formula is C19H19NO4. The number of benzene rings is 2. The van der Waals surface area contributed by atoms with Crippen molar-refractivity contribution in [3.63, 3.8) is 0 Å². The second-order valence-corrected chi connectivity index (χ2v) is 5.69. The highest BCUT2D eigenvalue weighted by Gasteiger charge is 2.33. The minimum absolute atomic E-state index is 0.0841. The molecule has 2 aromatic carbocycles. The molecule has 0 bridgehead atoms. The van der Waals surface area contributed by atoms with E-state index in [4.69, 9.17) is 9.47 Å². The Kier molecular flexibility index (Phi) is 4.51. The number of anilines is 1. The molecule has 24 heavy (non-hydrogen) atoms. The zero-order chi connectivity index (χ0) is 17.1. The third-order valence-corrected chi connectivity index (χ3v) is 4.12. The molecule has 5 nitrogen and oxygen atoms in total. The highest BCUT2D eigenvalue weighted by Crippen LogP contribution is 2.30. The van der Waals surface area contributed by atoms with E-state index < -0.39 is 0 Å². The number of fused-ring (bicyclic) bond motifs is 1. The molecule has 0 saturated heterocycles. The van der Waals surface area contributed by atoms with Crippen molar-refractivity contribution >= 4 is 17.6 Å². The zero-order valence-electron chi connectivity index (χ0n) is 13.7. The molecule has 0 aromatic heterocycles. The third-order valence-electron chi connectivity index (χ3n) is 4.12. The van der Waals surface area contributed by atoms with Gasteiger partial charge in [-0.1, -0.05) is 18.2 Å². The molecule has 0 spiro atoms. The van der Waals surface area contributed by atoms with Crippen LogP contribution in [0.1, 0.15) is 22.8 Å². The molecule has 0 N–H and O–H groups in total. The van der Waals surface area contributed by atoms with Crippen molar-refractivity contribution in [3.8, 4) is 5.75 Å². The molecule has 124 valence electrons. The lowest BCUT2D eigenvalue weighted by atomic mass is 9.93. The quantitative estimate of drug-likeness (QED) is 0.811. The van der Waals surface area contributed by atoms with Crippen molar-refractivity contribution in [2.45, 2.75) is 19.4 Å². The van der Waals surface area contributed by atoms with E-state index in [0.29, 0.717) is 12.0 Å². The fourth-order valence-corrected chi connectivity index (χ4v) is 2.97. The molecule has 3 rings (SSSR count). The Balaban J connectivity index is 1.97. The van der Waals surface area contributed by atoms with Crippen molar-refractivity contribution in [2.75, 3.05) is 18.6 Å².